The average molecular weight is 376 g/mol. The molecule has 6 heteroatoms. The minimum atomic E-state index is 0.00259. The van der Waals surface area contributed by atoms with Crippen LogP contribution in [0.3, 0.4) is 0 Å². The molecule has 0 aliphatic rings. The predicted molar refractivity (Wildman–Crippen MR) is 110 cm³/mol. The standard InChI is InChI=1S/C23H16N6/c1-15(17-7-8-20-19(13-17)6-3-11-25-20)23-27-26-22-10-9-21(28-29(22)23)18-5-2-4-16(12-18)14-24/h2-13,15H,1H3/t15-/m1/s1. The summed E-state index contributed by atoms with van der Waals surface area (Å²) in [5, 5.41) is 23.7. The van der Waals surface area contributed by atoms with Gasteiger partial charge in [-0.1, -0.05) is 31.2 Å². The molecule has 0 amide bonds. The number of fused-ring (bicyclic) bond motifs is 2. The number of hydrogen-bond acceptors (Lipinski definition) is 5. The largest absolute Gasteiger partial charge is 0.256 e. The number of benzene rings is 2. The van der Waals surface area contributed by atoms with E-state index in [1.165, 1.54) is 0 Å². The van der Waals surface area contributed by atoms with Gasteiger partial charge < -0.3 is 0 Å². The lowest BCUT2D eigenvalue weighted by molar-refractivity contribution is 0.753. The third-order valence-corrected chi connectivity index (χ3v) is 5.09. The fraction of sp³-hybridized carbons (Fsp3) is 0.0870. The summed E-state index contributed by atoms with van der Waals surface area (Å²) in [6, 6.07) is 23.6. The SMILES string of the molecule is C[C@H](c1ccc2ncccc2c1)c1nnc2ccc(-c3cccc(C#N)c3)nn12. The molecule has 0 saturated heterocycles. The minimum Gasteiger partial charge on any atom is -0.256 e. The van der Waals surface area contributed by atoms with Crippen molar-refractivity contribution in [3.8, 4) is 17.3 Å². The van der Waals surface area contributed by atoms with Gasteiger partial charge in [0.1, 0.15) is 0 Å². The molecule has 6 nitrogen and oxygen atoms in total. The molecule has 5 rings (SSSR count). The second-order valence-electron chi connectivity index (χ2n) is 6.92. The highest BCUT2D eigenvalue weighted by Crippen LogP contribution is 2.26. The lowest BCUT2D eigenvalue weighted by atomic mass is 9.98. The Morgan fingerprint density at radius 3 is 2.79 bits per heavy atom. The summed E-state index contributed by atoms with van der Waals surface area (Å²) in [5.41, 5.74) is 5.03. The number of nitrogens with zero attached hydrogens (tertiary/aromatic N) is 6. The van der Waals surface area contributed by atoms with Crippen LogP contribution in [0.4, 0.5) is 0 Å². The Hall–Kier alpha value is -4.11. The van der Waals surface area contributed by atoms with Gasteiger partial charge in [0.25, 0.3) is 0 Å². The predicted octanol–water partition coefficient (Wildman–Crippen LogP) is 4.36. The van der Waals surface area contributed by atoms with Crippen LogP contribution in [0.1, 0.15) is 29.8 Å². The molecule has 0 N–H and O–H groups in total. The van der Waals surface area contributed by atoms with Crippen LogP contribution >= 0.6 is 0 Å². The van der Waals surface area contributed by atoms with Crippen molar-refractivity contribution in [1.29, 1.82) is 5.26 Å². The van der Waals surface area contributed by atoms with Crippen molar-refractivity contribution in [2.45, 2.75) is 12.8 Å². The van der Waals surface area contributed by atoms with Crippen LogP contribution in [0.15, 0.2) is 72.9 Å². The summed E-state index contributed by atoms with van der Waals surface area (Å²) in [4.78, 5) is 4.39. The van der Waals surface area contributed by atoms with Crippen molar-refractivity contribution in [3.05, 3.63) is 89.9 Å². The lowest BCUT2D eigenvalue weighted by Crippen LogP contribution is -2.05. The number of hydrogen-bond donors (Lipinski definition) is 0. The Labute approximate surface area is 167 Å². The molecule has 0 saturated carbocycles. The lowest BCUT2D eigenvalue weighted by Gasteiger charge is -2.11. The van der Waals surface area contributed by atoms with Gasteiger partial charge in [-0.15, -0.1) is 10.2 Å². The average Bonchev–Trinajstić information content (AvgIpc) is 3.21. The maximum absolute atomic E-state index is 9.17. The zero-order chi connectivity index (χ0) is 19.8. The van der Waals surface area contributed by atoms with Crippen molar-refractivity contribution in [3.63, 3.8) is 0 Å². The monoisotopic (exact) mass is 376 g/mol. The minimum absolute atomic E-state index is 0.00259. The van der Waals surface area contributed by atoms with Crippen molar-refractivity contribution in [2.75, 3.05) is 0 Å². The van der Waals surface area contributed by atoms with Crippen LogP contribution in [0.2, 0.25) is 0 Å². The van der Waals surface area contributed by atoms with Crippen molar-refractivity contribution in [2.24, 2.45) is 0 Å². The van der Waals surface area contributed by atoms with E-state index in [9.17, 15) is 0 Å². The first-order valence-corrected chi connectivity index (χ1v) is 9.30. The molecule has 0 bridgehead atoms. The molecule has 3 heterocycles. The molecule has 1 atom stereocenters. The molecule has 0 fully saturated rings. The molecule has 0 aliphatic heterocycles. The topological polar surface area (TPSA) is 79.8 Å². The fourth-order valence-corrected chi connectivity index (χ4v) is 3.49. The number of aromatic nitrogens is 5. The highest BCUT2D eigenvalue weighted by atomic mass is 15.4. The summed E-state index contributed by atoms with van der Waals surface area (Å²) >= 11 is 0. The summed E-state index contributed by atoms with van der Waals surface area (Å²) in [7, 11) is 0. The van der Waals surface area contributed by atoms with Crippen molar-refractivity contribution < 1.29 is 0 Å². The molecule has 2 aromatic carbocycles. The van der Waals surface area contributed by atoms with E-state index in [1.807, 2.05) is 42.5 Å². The zero-order valence-electron chi connectivity index (χ0n) is 15.7. The maximum Gasteiger partial charge on any atom is 0.177 e. The third-order valence-electron chi connectivity index (χ3n) is 5.09. The second-order valence-corrected chi connectivity index (χ2v) is 6.92. The normalized spacial score (nSPS) is 12.1. The molecule has 5 aromatic rings. The van der Waals surface area contributed by atoms with Gasteiger partial charge in [-0.3, -0.25) is 4.98 Å². The Morgan fingerprint density at radius 2 is 1.90 bits per heavy atom. The molecule has 0 unspecified atom stereocenters. The first-order chi connectivity index (χ1) is 14.2. The molecule has 29 heavy (non-hydrogen) atoms. The van der Waals surface area contributed by atoms with E-state index in [-0.39, 0.29) is 5.92 Å². The van der Waals surface area contributed by atoms with Gasteiger partial charge in [0.15, 0.2) is 11.5 Å². The quantitative estimate of drug-likeness (QED) is 0.467. The Balaban J connectivity index is 1.59. The maximum atomic E-state index is 9.17. The van der Waals surface area contributed by atoms with E-state index >= 15 is 0 Å². The highest BCUT2D eigenvalue weighted by molar-refractivity contribution is 5.79. The summed E-state index contributed by atoms with van der Waals surface area (Å²) in [5.74, 6) is 0.768. The van der Waals surface area contributed by atoms with Crippen LogP contribution in [0.25, 0.3) is 27.8 Å². The Morgan fingerprint density at radius 1 is 0.966 bits per heavy atom. The molecule has 3 aromatic heterocycles. The van der Waals surface area contributed by atoms with E-state index in [0.717, 1.165) is 33.5 Å². The molecular weight excluding hydrogens is 360 g/mol. The summed E-state index contributed by atoms with van der Waals surface area (Å²) in [6.45, 7) is 2.10. The van der Waals surface area contributed by atoms with E-state index in [4.69, 9.17) is 10.4 Å². The third kappa shape index (κ3) is 2.99. The van der Waals surface area contributed by atoms with Gasteiger partial charge in [-0.05, 0) is 48.0 Å². The van der Waals surface area contributed by atoms with Gasteiger partial charge in [0, 0.05) is 23.1 Å². The molecule has 138 valence electrons. The fourth-order valence-electron chi connectivity index (χ4n) is 3.49. The molecule has 0 aliphatic carbocycles. The molecule has 0 radical (unpaired) electrons. The van der Waals surface area contributed by atoms with E-state index in [1.54, 1.807) is 16.8 Å². The van der Waals surface area contributed by atoms with E-state index < -0.39 is 0 Å². The highest BCUT2D eigenvalue weighted by Gasteiger charge is 2.17. The van der Waals surface area contributed by atoms with Gasteiger partial charge in [0.05, 0.1) is 22.8 Å². The van der Waals surface area contributed by atoms with Crippen molar-refractivity contribution >= 4 is 16.6 Å². The second kappa shape index (κ2) is 6.80. The summed E-state index contributed by atoms with van der Waals surface area (Å²) in [6.07, 6.45) is 1.80. The first-order valence-electron chi connectivity index (χ1n) is 9.30. The van der Waals surface area contributed by atoms with Gasteiger partial charge >= 0.3 is 0 Å². The number of rotatable bonds is 3. The number of nitriles is 1. The molecule has 0 spiro atoms. The van der Waals surface area contributed by atoms with E-state index in [0.29, 0.717) is 11.2 Å². The Bertz CT molecular complexity index is 1400. The number of pyridine rings is 1. The van der Waals surface area contributed by atoms with Gasteiger partial charge in [-0.25, -0.2) is 0 Å². The molecular formula is C23H16N6. The van der Waals surface area contributed by atoms with Gasteiger partial charge in [-0.2, -0.15) is 14.9 Å². The van der Waals surface area contributed by atoms with Crippen LogP contribution in [0.5, 0.6) is 0 Å². The summed E-state index contributed by atoms with van der Waals surface area (Å²) < 4.78 is 1.78. The van der Waals surface area contributed by atoms with E-state index in [2.05, 4.69) is 46.4 Å². The Kier molecular flexibility index (Phi) is 3.99. The van der Waals surface area contributed by atoms with Crippen LogP contribution in [0, 0.1) is 11.3 Å². The van der Waals surface area contributed by atoms with Crippen molar-refractivity contribution in [1.82, 2.24) is 24.8 Å². The smallest absolute Gasteiger partial charge is 0.177 e. The van der Waals surface area contributed by atoms with Crippen LogP contribution < -0.4 is 0 Å². The van der Waals surface area contributed by atoms with Crippen LogP contribution in [-0.4, -0.2) is 24.8 Å². The van der Waals surface area contributed by atoms with Gasteiger partial charge in [0.2, 0.25) is 0 Å². The van der Waals surface area contributed by atoms with Crippen LogP contribution in [-0.2, 0) is 0 Å². The zero-order valence-corrected chi connectivity index (χ0v) is 15.7. The first kappa shape index (κ1) is 17.0.